The number of benzene rings is 1. The maximum atomic E-state index is 4.51. The second-order valence-corrected chi connectivity index (χ2v) is 4.58. The van der Waals surface area contributed by atoms with Gasteiger partial charge in [0.1, 0.15) is 5.82 Å². The first-order valence-corrected chi connectivity index (χ1v) is 6.43. The van der Waals surface area contributed by atoms with E-state index in [1.165, 1.54) is 16.7 Å². The molecule has 1 unspecified atom stereocenters. The van der Waals surface area contributed by atoms with Crippen molar-refractivity contribution in [1.29, 1.82) is 0 Å². The Hall–Kier alpha value is -1.61. The minimum absolute atomic E-state index is 0.153. The van der Waals surface area contributed by atoms with Crippen LogP contribution in [0, 0.1) is 13.8 Å². The van der Waals surface area contributed by atoms with E-state index in [4.69, 9.17) is 0 Å². The molecule has 0 radical (unpaired) electrons. The molecular weight excluding hydrogens is 222 g/mol. The molecule has 0 saturated carbocycles. The average molecular weight is 243 g/mol. The van der Waals surface area contributed by atoms with Crippen LogP contribution in [0.4, 0.5) is 0 Å². The normalized spacial score (nSPS) is 12.7. The fraction of sp³-hybridized carbons (Fsp3) is 0.400. The summed E-state index contributed by atoms with van der Waals surface area (Å²) < 4.78 is 2.18. The molecule has 18 heavy (non-hydrogen) atoms. The monoisotopic (exact) mass is 243 g/mol. The van der Waals surface area contributed by atoms with Crippen LogP contribution in [0.25, 0.3) is 0 Å². The first kappa shape index (κ1) is 12.8. The Morgan fingerprint density at radius 3 is 2.78 bits per heavy atom. The quantitative estimate of drug-likeness (QED) is 0.895. The molecular formula is C15H21N3. The van der Waals surface area contributed by atoms with Crippen LogP contribution in [0.5, 0.6) is 0 Å². The summed E-state index contributed by atoms with van der Waals surface area (Å²) in [6, 6.07) is 6.59. The van der Waals surface area contributed by atoms with Gasteiger partial charge in [0.2, 0.25) is 0 Å². The van der Waals surface area contributed by atoms with Crippen molar-refractivity contribution in [3.8, 4) is 0 Å². The third kappa shape index (κ3) is 2.18. The molecule has 0 aliphatic heterocycles. The van der Waals surface area contributed by atoms with E-state index in [0.717, 1.165) is 12.4 Å². The lowest BCUT2D eigenvalue weighted by Gasteiger charge is -2.20. The van der Waals surface area contributed by atoms with Crippen LogP contribution in [-0.2, 0) is 6.54 Å². The summed E-state index contributed by atoms with van der Waals surface area (Å²) in [4.78, 5) is 4.51. The van der Waals surface area contributed by atoms with E-state index in [1.807, 2.05) is 19.4 Å². The first-order chi connectivity index (χ1) is 8.69. The predicted octanol–water partition coefficient (Wildman–Crippen LogP) is 2.83. The zero-order valence-electron chi connectivity index (χ0n) is 11.6. The van der Waals surface area contributed by atoms with Gasteiger partial charge in [0.25, 0.3) is 0 Å². The highest BCUT2D eigenvalue weighted by molar-refractivity contribution is 5.38. The van der Waals surface area contributed by atoms with Gasteiger partial charge in [-0.15, -0.1) is 0 Å². The fourth-order valence-corrected chi connectivity index (χ4v) is 2.36. The maximum Gasteiger partial charge on any atom is 0.130 e. The Kier molecular flexibility index (Phi) is 3.82. The molecule has 0 aliphatic rings. The molecule has 3 nitrogen and oxygen atoms in total. The van der Waals surface area contributed by atoms with Gasteiger partial charge < -0.3 is 9.88 Å². The second-order valence-electron chi connectivity index (χ2n) is 4.58. The molecule has 1 aromatic carbocycles. The largest absolute Gasteiger partial charge is 0.334 e. The molecule has 1 aromatic heterocycles. The van der Waals surface area contributed by atoms with Crippen molar-refractivity contribution in [2.24, 2.45) is 0 Å². The molecule has 0 spiro atoms. The summed E-state index contributed by atoms with van der Waals surface area (Å²) in [6.45, 7) is 7.41. The predicted molar refractivity (Wildman–Crippen MR) is 74.7 cm³/mol. The van der Waals surface area contributed by atoms with Gasteiger partial charge in [-0.1, -0.05) is 18.2 Å². The van der Waals surface area contributed by atoms with Gasteiger partial charge in [-0.25, -0.2) is 4.98 Å². The Morgan fingerprint density at radius 2 is 2.11 bits per heavy atom. The number of nitrogens with zero attached hydrogens (tertiary/aromatic N) is 2. The molecule has 1 atom stereocenters. The van der Waals surface area contributed by atoms with Crippen molar-refractivity contribution in [3.05, 3.63) is 53.1 Å². The van der Waals surface area contributed by atoms with E-state index >= 15 is 0 Å². The standard InChI is InChI=1S/C15H21N3/c1-5-18-10-9-17-15(18)14(16-4)13-8-6-7-11(2)12(13)3/h6-10,14,16H,5H2,1-4H3. The molecule has 1 heterocycles. The number of hydrogen-bond donors (Lipinski definition) is 1. The van der Waals surface area contributed by atoms with Gasteiger partial charge in [0, 0.05) is 18.9 Å². The average Bonchev–Trinajstić information content (AvgIpc) is 2.83. The number of nitrogens with one attached hydrogen (secondary N) is 1. The summed E-state index contributed by atoms with van der Waals surface area (Å²) in [5.74, 6) is 1.08. The number of hydrogen-bond acceptors (Lipinski definition) is 2. The number of aromatic nitrogens is 2. The molecule has 0 bridgehead atoms. The minimum Gasteiger partial charge on any atom is -0.334 e. The van der Waals surface area contributed by atoms with E-state index in [-0.39, 0.29) is 6.04 Å². The Bertz CT molecular complexity index is 528. The van der Waals surface area contributed by atoms with E-state index in [9.17, 15) is 0 Å². The highest BCUT2D eigenvalue weighted by Gasteiger charge is 2.19. The van der Waals surface area contributed by atoms with E-state index in [1.54, 1.807) is 0 Å². The number of aryl methyl sites for hydroxylation is 2. The number of rotatable bonds is 4. The van der Waals surface area contributed by atoms with Gasteiger partial charge in [-0.05, 0) is 44.5 Å². The van der Waals surface area contributed by atoms with E-state index in [0.29, 0.717) is 0 Å². The van der Waals surface area contributed by atoms with Crippen LogP contribution in [0.15, 0.2) is 30.6 Å². The first-order valence-electron chi connectivity index (χ1n) is 6.43. The van der Waals surface area contributed by atoms with Crippen molar-refractivity contribution in [1.82, 2.24) is 14.9 Å². The molecule has 0 saturated heterocycles. The van der Waals surface area contributed by atoms with Gasteiger partial charge in [-0.2, -0.15) is 0 Å². The van der Waals surface area contributed by atoms with Crippen LogP contribution in [0.3, 0.4) is 0 Å². The van der Waals surface area contributed by atoms with Gasteiger partial charge in [0.15, 0.2) is 0 Å². The minimum atomic E-state index is 0.153. The topological polar surface area (TPSA) is 29.9 Å². The lowest BCUT2D eigenvalue weighted by molar-refractivity contribution is 0.588. The number of imidazole rings is 1. The summed E-state index contributed by atoms with van der Waals surface area (Å²) in [7, 11) is 1.99. The molecule has 2 rings (SSSR count). The fourth-order valence-electron chi connectivity index (χ4n) is 2.36. The molecule has 0 aliphatic carbocycles. The Balaban J connectivity index is 2.49. The van der Waals surface area contributed by atoms with Crippen molar-refractivity contribution in [3.63, 3.8) is 0 Å². The zero-order chi connectivity index (χ0) is 13.1. The second kappa shape index (κ2) is 5.36. The highest BCUT2D eigenvalue weighted by Crippen LogP contribution is 2.25. The smallest absolute Gasteiger partial charge is 0.130 e. The summed E-state index contributed by atoms with van der Waals surface area (Å²) in [6.07, 6.45) is 3.90. The lowest BCUT2D eigenvalue weighted by atomic mass is 9.97. The van der Waals surface area contributed by atoms with Crippen molar-refractivity contribution in [2.75, 3.05) is 7.05 Å². The molecule has 2 aromatic rings. The van der Waals surface area contributed by atoms with Crippen LogP contribution in [-0.4, -0.2) is 16.6 Å². The van der Waals surface area contributed by atoms with E-state index in [2.05, 4.69) is 53.8 Å². The van der Waals surface area contributed by atoms with Gasteiger partial charge in [0.05, 0.1) is 6.04 Å². The maximum absolute atomic E-state index is 4.51. The molecule has 96 valence electrons. The van der Waals surface area contributed by atoms with Gasteiger partial charge in [-0.3, -0.25) is 0 Å². The summed E-state index contributed by atoms with van der Waals surface area (Å²) >= 11 is 0. The third-order valence-corrected chi connectivity index (χ3v) is 3.59. The molecule has 1 N–H and O–H groups in total. The molecule has 0 fully saturated rings. The SMILES string of the molecule is CCn1ccnc1C(NC)c1cccc(C)c1C. The Labute approximate surface area is 109 Å². The summed E-state index contributed by atoms with van der Waals surface area (Å²) in [5, 5.41) is 3.38. The van der Waals surface area contributed by atoms with Crippen LogP contribution < -0.4 is 5.32 Å². The highest BCUT2D eigenvalue weighted by atomic mass is 15.1. The van der Waals surface area contributed by atoms with Gasteiger partial charge >= 0.3 is 0 Å². The molecule has 3 heteroatoms. The van der Waals surface area contributed by atoms with Crippen LogP contribution in [0.1, 0.15) is 35.5 Å². The third-order valence-electron chi connectivity index (χ3n) is 3.59. The van der Waals surface area contributed by atoms with Crippen molar-refractivity contribution in [2.45, 2.75) is 33.4 Å². The van der Waals surface area contributed by atoms with Crippen LogP contribution in [0.2, 0.25) is 0 Å². The van der Waals surface area contributed by atoms with E-state index < -0.39 is 0 Å². The van der Waals surface area contributed by atoms with Crippen molar-refractivity contribution >= 4 is 0 Å². The zero-order valence-corrected chi connectivity index (χ0v) is 11.6. The summed E-state index contributed by atoms with van der Waals surface area (Å²) in [5.41, 5.74) is 3.96. The van der Waals surface area contributed by atoms with Crippen LogP contribution >= 0.6 is 0 Å². The Morgan fingerprint density at radius 1 is 1.33 bits per heavy atom. The lowest BCUT2D eigenvalue weighted by Crippen LogP contribution is -2.22. The molecule has 0 amide bonds. The van der Waals surface area contributed by atoms with Crippen molar-refractivity contribution < 1.29 is 0 Å².